The number of halogens is 1. The molecule has 1 aromatic heterocycles. The van der Waals surface area contributed by atoms with Crippen LogP contribution in [0, 0.1) is 0 Å². The zero-order valence-corrected chi connectivity index (χ0v) is 14.1. The summed E-state index contributed by atoms with van der Waals surface area (Å²) in [5.41, 5.74) is 0.555. The van der Waals surface area contributed by atoms with Gasteiger partial charge < -0.3 is 14.8 Å². The summed E-state index contributed by atoms with van der Waals surface area (Å²) < 4.78 is 12.1. The molecule has 0 saturated carbocycles. The molecule has 2 aromatic rings. The van der Waals surface area contributed by atoms with E-state index in [9.17, 15) is 4.79 Å². The SMILES string of the molecule is O=C(Nc1ccc(Br)cn1)c1ccc(OCC2CCCO2)cc1. The maximum Gasteiger partial charge on any atom is 0.256 e. The first-order valence-electron chi connectivity index (χ1n) is 7.48. The van der Waals surface area contributed by atoms with Crippen LogP contribution in [0.25, 0.3) is 0 Å². The van der Waals surface area contributed by atoms with Crippen molar-refractivity contribution in [1.82, 2.24) is 4.98 Å². The van der Waals surface area contributed by atoms with Crippen molar-refractivity contribution in [2.75, 3.05) is 18.5 Å². The highest BCUT2D eigenvalue weighted by Crippen LogP contribution is 2.17. The normalized spacial score (nSPS) is 17.0. The van der Waals surface area contributed by atoms with Crippen LogP contribution in [0.2, 0.25) is 0 Å². The van der Waals surface area contributed by atoms with Gasteiger partial charge in [-0.3, -0.25) is 4.79 Å². The summed E-state index contributed by atoms with van der Waals surface area (Å²) in [5, 5.41) is 2.75. The molecule has 5 nitrogen and oxygen atoms in total. The summed E-state index contributed by atoms with van der Waals surface area (Å²) >= 11 is 3.31. The first-order valence-corrected chi connectivity index (χ1v) is 8.27. The van der Waals surface area contributed by atoms with E-state index in [0.717, 1.165) is 29.7 Å². The number of rotatable bonds is 5. The van der Waals surface area contributed by atoms with E-state index in [-0.39, 0.29) is 12.0 Å². The van der Waals surface area contributed by atoms with Crippen LogP contribution < -0.4 is 10.1 Å². The third-order valence-electron chi connectivity index (χ3n) is 3.55. The lowest BCUT2D eigenvalue weighted by molar-refractivity contribution is 0.0679. The van der Waals surface area contributed by atoms with Gasteiger partial charge >= 0.3 is 0 Å². The van der Waals surface area contributed by atoms with Gasteiger partial charge in [0, 0.05) is 22.8 Å². The molecular formula is C17H17BrN2O3. The highest BCUT2D eigenvalue weighted by Gasteiger charge is 2.16. The number of nitrogens with zero attached hydrogens (tertiary/aromatic N) is 1. The third-order valence-corrected chi connectivity index (χ3v) is 4.01. The van der Waals surface area contributed by atoms with E-state index in [1.165, 1.54) is 0 Å². The molecule has 3 rings (SSSR count). The molecule has 0 aliphatic carbocycles. The number of amides is 1. The second kappa shape index (κ2) is 7.57. The van der Waals surface area contributed by atoms with Crippen LogP contribution in [0.4, 0.5) is 5.82 Å². The van der Waals surface area contributed by atoms with Crippen molar-refractivity contribution >= 4 is 27.7 Å². The van der Waals surface area contributed by atoms with Gasteiger partial charge in [-0.15, -0.1) is 0 Å². The number of anilines is 1. The zero-order chi connectivity index (χ0) is 16.1. The Hall–Kier alpha value is -1.92. The van der Waals surface area contributed by atoms with Gasteiger partial charge in [0.05, 0.1) is 6.10 Å². The van der Waals surface area contributed by atoms with Crippen LogP contribution in [0.15, 0.2) is 47.1 Å². The van der Waals surface area contributed by atoms with Gasteiger partial charge in [0.1, 0.15) is 18.2 Å². The third kappa shape index (κ3) is 4.53. The van der Waals surface area contributed by atoms with Gasteiger partial charge in [-0.1, -0.05) is 0 Å². The number of pyridine rings is 1. The molecule has 1 atom stereocenters. The van der Waals surface area contributed by atoms with E-state index in [1.807, 2.05) is 6.07 Å². The van der Waals surface area contributed by atoms with Crippen molar-refractivity contribution in [3.63, 3.8) is 0 Å². The topological polar surface area (TPSA) is 60.5 Å². The van der Waals surface area contributed by atoms with Crippen LogP contribution >= 0.6 is 15.9 Å². The number of ether oxygens (including phenoxy) is 2. The molecule has 1 aliphatic rings. The van der Waals surface area contributed by atoms with E-state index in [4.69, 9.17) is 9.47 Å². The summed E-state index contributed by atoms with van der Waals surface area (Å²) in [6, 6.07) is 10.6. The first kappa shape index (κ1) is 16.0. The first-order chi connectivity index (χ1) is 11.2. The average molecular weight is 377 g/mol. The van der Waals surface area contributed by atoms with Gasteiger partial charge in [0.25, 0.3) is 5.91 Å². The molecule has 0 bridgehead atoms. The fraction of sp³-hybridized carbons (Fsp3) is 0.294. The summed E-state index contributed by atoms with van der Waals surface area (Å²) in [7, 11) is 0. The van der Waals surface area contributed by atoms with E-state index in [1.54, 1.807) is 36.5 Å². The van der Waals surface area contributed by atoms with Crippen molar-refractivity contribution in [3.8, 4) is 5.75 Å². The van der Waals surface area contributed by atoms with E-state index >= 15 is 0 Å². The Balaban J connectivity index is 1.55. The van der Waals surface area contributed by atoms with E-state index in [0.29, 0.717) is 18.0 Å². The number of nitrogens with one attached hydrogen (secondary N) is 1. The minimum absolute atomic E-state index is 0.182. The van der Waals surface area contributed by atoms with Gasteiger partial charge in [0.15, 0.2) is 0 Å². The molecule has 2 heterocycles. The van der Waals surface area contributed by atoms with Crippen LogP contribution in [-0.4, -0.2) is 30.2 Å². The molecule has 1 N–H and O–H groups in total. The number of benzene rings is 1. The van der Waals surface area contributed by atoms with E-state index < -0.39 is 0 Å². The summed E-state index contributed by atoms with van der Waals surface area (Å²) in [4.78, 5) is 16.3. The number of hydrogen-bond acceptors (Lipinski definition) is 4. The van der Waals surface area contributed by atoms with Crippen molar-refractivity contribution in [3.05, 3.63) is 52.6 Å². The fourth-order valence-corrected chi connectivity index (χ4v) is 2.54. The lowest BCUT2D eigenvalue weighted by Crippen LogP contribution is -2.16. The smallest absolute Gasteiger partial charge is 0.256 e. The fourth-order valence-electron chi connectivity index (χ4n) is 2.31. The molecule has 0 spiro atoms. The average Bonchev–Trinajstić information content (AvgIpc) is 3.09. The van der Waals surface area contributed by atoms with Crippen LogP contribution in [0.3, 0.4) is 0 Å². The Morgan fingerprint density at radius 2 is 2.13 bits per heavy atom. The lowest BCUT2D eigenvalue weighted by Gasteiger charge is -2.11. The Labute approximate surface area is 143 Å². The largest absolute Gasteiger partial charge is 0.491 e. The van der Waals surface area contributed by atoms with Crippen LogP contribution in [0.1, 0.15) is 23.2 Å². The molecule has 1 aliphatic heterocycles. The van der Waals surface area contributed by atoms with Gasteiger partial charge in [-0.25, -0.2) is 4.98 Å². The predicted molar refractivity (Wildman–Crippen MR) is 90.8 cm³/mol. The molecule has 6 heteroatoms. The molecule has 1 fully saturated rings. The van der Waals surface area contributed by atoms with Crippen LogP contribution in [-0.2, 0) is 4.74 Å². The second-order valence-corrected chi connectivity index (χ2v) is 6.20. The summed E-state index contributed by atoms with van der Waals surface area (Å²) in [6.07, 6.45) is 3.96. The zero-order valence-electron chi connectivity index (χ0n) is 12.5. The highest BCUT2D eigenvalue weighted by atomic mass is 79.9. The molecule has 1 amide bonds. The maximum atomic E-state index is 12.2. The number of carbonyl (C=O) groups excluding carboxylic acids is 1. The van der Waals surface area contributed by atoms with Crippen molar-refractivity contribution in [2.45, 2.75) is 18.9 Å². The Bertz CT molecular complexity index is 653. The van der Waals surface area contributed by atoms with Crippen molar-refractivity contribution < 1.29 is 14.3 Å². The van der Waals surface area contributed by atoms with Gasteiger partial charge in [-0.2, -0.15) is 0 Å². The molecule has 0 radical (unpaired) electrons. The predicted octanol–water partition coefficient (Wildman–Crippen LogP) is 3.65. The maximum absolute atomic E-state index is 12.2. The molecule has 23 heavy (non-hydrogen) atoms. The molecule has 1 saturated heterocycles. The summed E-state index contributed by atoms with van der Waals surface area (Å²) in [5.74, 6) is 1.04. The van der Waals surface area contributed by atoms with Crippen LogP contribution in [0.5, 0.6) is 5.75 Å². The monoisotopic (exact) mass is 376 g/mol. The van der Waals surface area contributed by atoms with Gasteiger partial charge in [0.2, 0.25) is 0 Å². The summed E-state index contributed by atoms with van der Waals surface area (Å²) in [6.45, 7) is 1.37. The van der Waals surface area contributed by atoms with E-state index in [2.05, 4.69) is 26.2 Å². The lowest BCUT2D eigenvalue weighted by atomic mass is 10.2. The highest BCUT2D eigenvalue weighted by molar-refractivity contribution is 9.10. The molecule has 1 aromatic carbocycles. The molecule has 1 unspecified atom stereocenters. The van der Waals surface area contributed by atoms with Crippen molar-refractivity contribution in [1.29, 1.82) is 0 Å². The number of aromatic nitrogens is 1. The number of carbonyl (C=O) groups is 1. The standard InChI is InChI=1S/C17H17BrN2O3/c18-13-5-8-16(19-10-13)20-17(21)12-3-6-14(7-4-12)23-11-15-2-1-9-22-15/h3-8,10,15H,1-2,9,11H2,(H,19,20,21). The van der Waals surface area contributed by atoms with Gasteiger partial charge in [-0.05, 0) is 65.2 Å². The quantitative estimate of drug-likeness (QED) is 0.864. The Morgan fingerprint density at radius 3 is 2.78 bits per heavy atom. The Morgan fingerprint density at radius 1 is 1.30 bits per heavy atom. The molecular weight excluding hydrogens is 360 g/mol. The van der Waals surface area contributed by atoms with Crippen molar-refractivity contribution in [2.24, 2.45) is 0 Å². The second-order valence-electron chi connectivity index (χ2n) is 5.29. The minimum Gasteiger partial charge on any atom is -0.491 e. The molecule has 120 valence electrons. The number of hydrogen-bond donors (Lipinski definition) is 1. The Kier molecular flexibility index (Phi) is 5.25. The minimum atomic E-state index is -0.203.